The lowest BCUT2D eigenvalue weighted by Gasteiger charge is -2.40. The van der Waals surface area contributed by atoms with Gasteiger partial charge in [0.1, 0.15) is 11.4 Å². The summed E-state index contributed by atoms with van der Waals surface area (Å²) in [7, 11) is 3.84. The molecule has 1 saturated heterocycles. The first-order chi connectivity index (χ1) is 19.7. The molecular formula is C31H43N9O. The van der Waals surface area contributed by atoms with Crippen LogP contribution >= 0.6 is 0 Å². The highest BCUT2D eigenvalue weighted by Gasteiger charge is 2.38. The van der Waals surface area contributed by atoms with E-state index >= 15 is 0 Å². The molecule has 2 aliphatic rings. The van der Waals surface area contributed by atoms with Crippen LogP contribution in [0.4, 0.5) is 0 Å². The summed E-state index contributed by atoms with van der Waals surface area (Å²) >= 11 is 0. The first-order valence-corrected chi connectivity index (χ1v) is 14.2. The molecule has 0 spiro atoms. The fraction of sp³-hybridized carbons (Fsp3) is 0.419. The normalized spacial score (nSPS) is 20.8. The molecule has 0 aliphatic carbocycles. The van der Waals surface area contributed by atoms with Crippen molar-refractivity contribution in [3.05, 3.63) is 89.8 Å². The topological polar surface area (TPSA) is 93.4 Å². The molecule has 218 valence electrons. The van der Waals surface area contributed by atoms with Crippen LogP contribution in [0.3, 0.4) is 0 Å². The van der Waals surface area contributed by atoms with E-state index in [0.717, 1.165) is 55.7 Å². The number of likely N-dealkylation sites (N-methyl/N-ethyl adjacent to an activating group) is 1. The second kappa shape index (κ2) is 13.6. The number of piperidine rings is 1. The molecule has 10 nitrogen and oxygen atoms in total. The van der Waals surface area contributed by atoms with E-state index in [9.17, 15) is 4.79 Å². The maximum atomic E-state index is 13.5. The molecule has 0 radical (unpaired) electrons. The molecule has 2 N–H and O–H groups in total. The molecule has 1 fully saturated rings. The number of amides is 1. The number of fused-ring (bicyclic) bond motifs is 1. The SMILES string of the molecule is C=C(/C=N\NC)CN1CCCC(C2C=C(NC(=O)c3cnn4cc(C)cnc34)N(C(=C)/C=C\C(C)=C/CC)N2C)C1. The van der Waals surface area contributed by atoms with Crippen LogP contribution in [0.5, 0.6) is 0 Å². The molecule has 2 aliphatic heterocycles. The summed E-state index contributed by atoms with van der Waals surface area (Å²) in [5, 5.41) is 15.8. The summed E-state index contributed by atoms with van der Waals surface area (Å²) in [5.74, 6) is 0.786. The molecule has 0 bridgehead atoms. The van der Waals surface area contributed by atoms with Crippen LogP contribution in [0.15, 0.2) is 83.8 Å². The average molecular weight is 558 g/mol. The smallest absolute Gasteiger partial charge is 0.262 e. The molecule has 10 heteroatoms. The van der Waals surface area contributed by atoms with Crippen LogP contribution in [0, 0.1) is 12.8 Å². The molecule has 4 heterocycles. The van der Waals surface area contributed by atoms with Gasteiger partial charge in [0.15, 0.2) is 5.65 Å². The molecule has 0 saturated carbocycles. The van der Waals surface area contributed by atoms with Gasteiger partial charge in [-0.15, -0.1) is 0 Å². The second-order valence-corrected chi connectivity index (χ2v) is 10.8. The van der Waals surface area contributed by atoms with Crippen LogP contribution in [0.25, 0.3) is 5.65 Å². The Balaban J connectivity index is 1.58. The van der Waals surface area contributed by atoms with Gasteiger partial charge in [-0.1, -0.05) is 37.8 Å². The third kappa shape index (κ3) is 7.20. The summed E-state index contributed by atoms with van der Waals surface area (Å²) in [4.78, 5) is 20.4. The number of hydrazine groups is 1. The molecule has 4 rings (SSSR count). The first-order valence-electron chi connectivity index (χ1n) is 14.2. The Morgan fingerprint density at radius 2 is 2.07 bits per heavy atom. The van der Waals surface area contributed by atoms with E-state index in [4.69, 9.17) is 0 Å². The molecule has 0 aromatic carbocycles. The van der Waals surface area contributed by atoms with Crippen molar-refractivity contribution in [2.75, 3.05) is 33.7 Å². The Hall–Kier alpha value is -4.02. The van der Waals surface area contributed by atoms with E-state index < -0.39 is 0 Å². The number of hydrogen-bond donors (Lipinski definition) is 2. The van der Waals surface area contributed by atoms with E-state index in [0.29, 0.717) is 22.9 Å². The van der Waals surface area contributed by atoms with E-state index in [1.54, 1.807) is 30.2 Å². The van der Waals surface area contributed by atoms with Gasteiger partial charge in [0.05, 0.1) is 24.2 Å². The summed E-state index contributed by atoms with van der Waals surface area (Å²) in [6.07, 6.45) is 18.5. The highest BCUT2D eigenvalue weighted by molar-refractivity contribution is 6.00. The lowest BCUT2D eigenvalue weighted by Crippen LogP contribution is -2.48. The van der Waals surface area contributed by atoms with Crippen LogP contribution < -0.4 is 10.7 Å². The monoisotopic (exact) mass is 557 g/mol. The molecule has 1 amide bonds. The van der Waals surface area contributed by atoms with Crippen molar-refractivity contribution in [3.63, 3.8) is 0 Å². The molecule has 2 aromatic rings. The minimum atomic E-state index is -0.258. The Morgan fingerprint density at radius 1 is 1.27 bits per heavy atom. The number of nitrogens with one attached hydrogen (secondary N) is 2. The zero-order valence-corrected chi connectivity index (χ0v) is 25.0. The van der Waals surface area contributed by atoms with Crippen LogP contribution in [0.1, 0.15) is 49.0 Å². The van der Waals surface area contributed by atoms with E-state index in [1.165, 1.54) is 5.57 Å². The number of hydrogen-bond acceptors (Lipinski definition) is 8. The number of carbonyl (C=O) groups is 1. The van der Waals surface area contributed by atoms with Gasteiger partial charge in [-0.2, -0.15) is 10.2 Å². The summed E-state index contributed by atoms with van der Waals surface area (Å²) in [6.45, 7) is 17.4. The van der Waals surface area contributed by atoms with E-state index in [2.05, 4.69) is 88.1 Å². The molecule has 2 unspecified atom stereocenters. The number of rotatable bonds is 11. The van der Waals surface area contributed by atoms with Crippen LogP contribution in [0.2, 0.25) is 0 Å². The molecule has 2 atom stereocenters. The van der Waals surface area contributed by atoms with Crippen LogP contribution in [-0.4, -0.2) is 81.4 Å². The zero-order valence-electron chi connectivity index (χ0n) is 25.0. The van der Waals surface area contributed by atoms with Gasteiger partial charge in [0.2, 0.25) is 0 Å². The number of aromatic nitrogens is 3. The van der Waals surface area contributed by atoms with E-state index in [-0.39, 0.29) is 11.9 Å². The highest BCUT2D eigenvalue weighted by Crippen LogP contribution is 2.33. The zero-order chi connectivity index (χ0) is 29.5. The summed E-state index contributed by atoms with van der Waals surface area (Å²) in [6, 6.07) is 0.0782. The first kappa shape index (κ1) is 30.0. The predicted octanol–water partition coefficient (Wildman–Crippen LogP) is 4.04. The predicted molar refractivity (Wildman–Crippen MR) is 165 cm³/mol. The van der Waals surface area contributed by atoms with Gasteiger partial charge in [-0.05, 0) is 68.9 Å². The fourth-order valence-corrected chi connectivity index (χ4v) is 5.53. The summed E-state index contributed by atoms with van der Waals surface area (Å²) < 4.78 is 1.64. The van der Waals surface area contributed by atoms with Crippen molar-refractivity contribution >= 4 is 17.8 Å². The Kier molecular flexibility index (Phi) is 9.91. The van der Waals surface area contributed by atoms with Gasteiger partial charge >= 0.3 is 0 Å². The third-order valence-electron chi connectivity index (χ3n) is 7.44. The number of aryl methyl sites for hydroxylation is 1. The highest BCUT2D eigenvalue weighted by atomic mass is 16.2. The van der Waals surface area contributed by atoms with Gasteiger partial charge in [0.25, 0.3) is 5.91 Å². The van der Waals surface area contributed by atoms with Crippen LogP contribution in [-0.2, 0) is 0 Å². The number of hydrazone groups is 1. The van der Waals surface area contributed by atoms with Gasteiger partial charge in [-0.25, -0.2) is 14.5 Å². The number of likely N-dealkylation sites (tertiary alicyclic amines) is 1. The van der Waals surface area contributed by atoms with Crippen molar-refractivity contribution < 1.29 is 4.79 Å². The Morgan fingerprint density at radius 3 is 2.83 bits per heavy atom. The number of carbonyl (C=O) groups excluding carboxylic acids is 1. The lowest BCUT2D eigenvalue weighted by atomic mass is 9.90. The Bertz CT molecular complexity index is 1400. The van der Waals surface area contributed by atoms with Crippen molar-refractivity contribution in [2.24, 2.45) is 11.0 Å². The standard InChI is InChI=1S/C31H43N9O/c1-8-10-22(2)12-13-25(5)40-29(36-31(41)27-18-35-39-20-23(3)16-33-30(27)39)15-28(37(40)7)26-11-9-14-38(21-26)19-24(4)17-34-32-6/h10,12-13,15-18,20,26,28,32H,4-5,8-9,11,14,19,21H2,1-3,6-7H3,(H,36,41)/b13-12-,22-10-,34-17-. The number of allylic oxidation sites excluding steroid dienone is 4. The molecule has 2 aromatic heterocycles. The van der Waals surface area contributed by atoms with E-state index in [1.807, 2.05) is 24.2 Å². The quantitative estimate of drug-likeness (QED) is 0.245. The largest absolute Gasteiger partial charge is 0.313 e. The van der Waals surface area contributed by atoms with Crippen molar-refractivity contribution in [1.29, 1.82) is 0 Å². The van der Waals surface area contributed by atoms with Gasteiger partial charge in [0, 0.05) is 39.6 Å². The van der Waals surface area contributed by atoms with Crippen molar-refractivity contribution in [3.8, 4) is 0 Å². The van der Waals surface area contributed by atoms with Crippen molar-refractivity contribution in [2.45, 2.75) is 46.1 Å². The molecular weight excluding hydrogens is 514 g/mol. The minimum Gasteiger partial charge on any atom is -0.313 e. The fourth-order valence-electron chi connectivity index (χ4n) is 5.53. The van der Waals surface area contributed by atoms with Crippen molar-refractivity contribution in [1.82, 2.24) is 40.3 Å². The maximum Gasteiger partial charge on any atom is 0.262 e. The lowest BCUT2D eigenvalue weighted by molar-refractivity contribution is 0.0252. The second-order valence-electron chi connectivity index (χ2n) is 10.8. The Labute approximate surface area is 243 Å². The average Bonchev–Trinajstić information content (AvgIpc) is 3.51. The minimum absolute atomic E-state index is 0.0782. The third-order valence-corrected chi connectivity index (χ3v) is 7.44. The van der Waals surface area contributed by atoms with Gasteiger partial charge < -0.3 is 10.7 Å². The van der Waals surface area contributed by atoms with Gasteiger partial charge in [-0.3, -0.25) is 14.7 Å². The number of nitrogens with zero attached hydrogens (tertiary/aromatic N) is 7. The summed E-state index contributed by atoms with van der Waals surface area (Å²) in [5.41, 5.74) is 7.60. The molecule has 41 heavy (non-hydrogen) atoms. The maximum absolute atomic E-state index is 13.5.